The predicted molar refractivity (Wildman–Crippen MR) is 82.2 cm³/mol. The molecule has 130 valence electrons. The Bertz CT molecular complexity index is 653. The minimum Gasteiger partial charge on any atom is -0.490 e. The van der Waals surface area contributed by atoms with E-state index in [4.69, 9.17) is 14.6 Å². The van der Waals surface area contributed by atoms with Gasteiger partial charge in [-0.15, -0.1) is 0 Å². The molecular formula is C15H18N2O7. The van der Waals surface area contributed by atoms with Gasteiger partial charge in [0.05, 0.1) is 24.0 Å². The number of nitro benzene ring substituents is 1. The molecule has 2 N–H and O–H groups in total. The number of rotatable bonds is 6. The third-order valence-electron chi connectivity index (χ3n) is 3.96. The first-order valence-electron chi connectivity index (χ1n) is 7.31. The number of ether oxygens (including phenoxy) is 2. The molecule has 1 heterocycles. The van der Waals surface area contributed by atoms with Crippen molar-refractivity contribution in [3.8, 4) is 5.75 Å². The van der Waals surface area contributed by atoms with Crippen LogP contribution >= 0.6 is 0 Å². The first-order valence-corrected chi connectivity index (χ1v) is 7.31. The minimum absolute atomic E-state index is 0.0353. The van der Waals surface area contributed by atoms with Crippen LogP contribution in [0.5, 0.6) is 5.75 Å². The Hall–Kier alpha value is -2.68. The van der Waals surface area contributed by atoms with Gasteiger partial charge >= 0.3 is 11.7 Å². The summed E-state index contributed by atoms with van der Waals surface area (Å²) in [6.45, 7) is 0.717. The Morgan fingerprint density at radius 3 is 2.62 bits per heavy atom. The highest BCUT2D eigenvalue weighted by Gasteiger charge is 2.36. The van der Waals surface area contributed by atoms with Crippen molar-refractivity contribution in [1.82, 2.24) is 5.32 Å². The van der Waals surface area contributed by atoms with Gasteiger partial charge in [-0.25, -0.2) is 0 Å². The molecular weight excluding hydrogens is 320 g/mol. The Kier molecular flexibility index (Phi) is 5.35. The fourth-order valence-corrected chi connectivity index (χ4v) is 2.68. The molecule has 1 aliphatic heterocycles. The molecule has 1 saturated heterocycles. The molecule has 0 atom stereocenters. The number of aliphatic carboxylic acids is 1. The zero-order valence-corrected chi connectivity index (χ0v) is 13.1. The number of nitro groups is 1. The van der Waals surface area contributed by atoms with Gasteiger partial charge in [-0.05, 0) is 18.9 Å². The van der Waals surface area contributed by atoms with Gasteiger partial charge in [0.15, 0.2) is 5.75 Å². The van der Waals surface area contributed by atoms with Crippen LogP contribution in [0.15, 0.2) is 18.2 Å². The van der Waals surface area contributed by atoms with Gasteiger partial charge in [0, 0.05) is 30.9 Å². The highest BCUT2D eigenvalue weighted by molar-refractivity contribution is 5.95. The molecule has 1 aromatic carbocycles. The third kappa shape index (κ3) is 3.99. The summed E-state index contributed by atoms with van der Waals surface area (Å²) in [4.78, 5) is 33.9. The van der Waals surface area contributed by atoms with E-state index in [2.05, 4.69) is 5.32 Å². The lowest BCUT2D eigenvalue weighted by Crippen LogP contribution is -2.53. The Labute approximate surface area is 137 Å². The highest BCUT2D eigenvalue weighted by atomic mass is 16.6. The quantitative estimate of drug-likeness (QED) is 0.592. The summed E-state index contributed by atoms with van der Waals surface area (Å²) in [5.41, 5.74) is -0.982. The summed E-state index contributed by atoms with van der Waals surface area (Å²) in [6, 6.07) is 3.76. The number of hydrogen-bond donors (Lipinski definition) is 2. The fraction of sp³-hybridized carbons (Fsp3) is 0.467. The molecule has 1 amide bonds. The summed E-state index contributed by atoms with van der Waals surface area (Å²) in [7, 11) is 1.27. The normalized spacial score (nSPS) is 16.2. The SMILES string of the molecule is COc1cc(C(=O)NC2(CC(=O)O)CCOCC2)ccc1[N+](=O)[O-]. The van der Waals surface area contributed by atoms with Crippen LogP contribution in [0.3, 0.4) is 0 Å². The minimum atomic E-state index is -1.02. The number of nitrogens with one attached hydrogen (secondary N) is 1. The zero-order chi connectivity index (χ0) is 17.7. The third-order valence-corrected chi connectivity index (χ3v) is 3.96. The van der Waals surface area contributed by atoms with Crippen LogP contribution in [0.4, 0.5) is 5.69 Å². The number of carboxylic acid groups (broad SMARTS) is 1. The molecule has 1 aromatic rings. The second-order valence-electron chi connectivity index (χ2n) is 5.56. The Morgan fingerprint density at radius 2 is 2.08 bits per heavy atom. The van der Waals surface area contributed by atoms with E-state index < -0.39 is 22.3 Å². The van der Waals surface area contributed by atoms with Crippen LogP contribution in [0, 0.1) is 10.1 Å². The second-order valence-corrected chi connectivity index (χ2v) is 5.56. The Morgan fingerprint density at radius 1 is 1.42 bits per heavy atom. The second kappa shape index (κ2) is 7.26. The van der Waals surface area contributed by atoms with Crippen molar-refractivity contribution in [2.75, 3.05) is 20.3 Å². The van der Waals surface area contributed by atoms with Crippen LogP contribution < -0.4 is 10.1 Å². The van der Waals surface area contributed by atoms with Crippen LogP contribution in [-0.2, 0) is 9.53 Å². The first kappa shape index (κ1) is 17.7. The van der Waals surface area contributed by atoms with Gasteiger partial charge in [0.2, 0.25) is 0 Å². The summed E-state index contributed by atoms with van der Waals surface area (Å²) in [5.74, 6) is -1.56. The lowest BCUT2D eigenvalue weighted by molar-refractivity contribution is -0.385. The monoisotopic (exact) mass is 338 g/mol. The smallest absolute Gasteiger partial charge is 0.310 e. The molecule has 0 unspecified atom stereocenters. The van der Waals surface area contributed by atoms with Gasteiger partial charge in [0.1, 0.15) is 0 Å². The van der Waals surface area contributed by atoms with Crippen LogP contribution in [0.25, 0.3) is 0 Å². The van der Waals surface area contributed by atoms with E-state index in [-0.39, 0.29) is 23.4 Å². The van der Waals surface area contributed by atoms with Crippen LogP contribution in [0.2, 0.25) is 0 Å². The van der Waals surface area contributed by atoms with Gasteiger partial charge in [-0.2, -0.15) is 0 Å². The molecule has 24 heavy (non-hydrogen) atoms. The van der Waals surface area contributed by atoms with E-state index in [0.717, 1.165) is 0 Å². The van der Waals surface area contributed by atoms with Gasteiger partial charge < -0.3 is 19.9 Å². The Balaban J connectivity index is 2.23. The number of amides is 1. The lowest BCUT2D eigenvalue weighted by atomic mass is 9.86. The highest BCUT2D eigenvalue weighted by Crippen LogP contribution is 2.29. The molecule has 0 spiro atoms. The standard InChI is InChI=1S/C15H18N2O7/c1-23-12-8-10(2-3-11(12)17(21)22)14(20)16-15(9-13(18)19)4-6-24-7-5-15/h2-3,8H,4-7,9H2,1H3,(H,16,20)(H,18,19). The van der Waals surface area contributed by atoms with Crippen molar-refractivity contribution in [1.29, 1.82) is 0 Å². The average molecular weight is 338 g/mol. The number of nitrogens with zero attached hydrogens (tertiary/aromatic N) is 1. The maximum absolute atomic E-state index is 12.5. The van der Waals surface area contributed by atoms with Crippen molar-refractivity contribution in [2.45, 2.75) is 24.8 Å². The summed E-state index contributed by atoms with van der Waals surface area (Å²) < 4.78 is 10.2. The summed E-state index contributed by atoms with van der Waals surface area (Å²) in [5, 5.41) is 22.8. The van der Waals surface area contributed by atoms with Crippen molar-refractivity contribution in [2.24, 2.45) is 0 Å². The van der Waals surface area contributed by atoms with E-state index in [1.54, 1.807) is 0 Å². The number of carbonyl (C=O) groups is 2. The number of carbonyl (C=O) groups excluding carboxylic acids is 1. The van der Waals surface area contributed by atoms with Crippen LogP contribution in [-0.4, -0.2) is 47.8 Å². The number of hydrogen-bond acceptors (Lipinski definition) is 6. The van der Waals surface area contributed by atoms with E-state index in [1.165, 1.54) is 25.3 Å². The number of benzene rings is 1. The number of methoxy groups -OCH3 is 1. The summed E-state index contributed by atoms with van der Waals surface area (Å²) >= 11 is 0. The van der Waals surface area contributed by atoms with Gasteiger partial charge in [-0.3, -0.25) is 19.7 Å². The predicted octanol–water partition coefficient (Wildman–Crippen LogP) is 1.36. The van der Waals surface area contributed by atoms with E-state index in [1.807, 2.05) is 0 Å². The molecule has 1 fully saturated rings. The molecule has 0 saturated carbocycles. The van der Waals surface area contributed by atoms with E-state index in [0.29, 0.717) is 26.1 Å². The first-order chi connectivity index (χ1) is 11.4. The maximum atomic E-state index is 12.5. The van der Waals surface area contributed by atoms with Crippen molar-refractivity contribution >= 4 is 17.6 Å². The van der Waals surface area contributed by atoms with Crippen molar-refractivity contribution in [3.05, 3.63) is 33.9 Å². The van der Waals surface area contributed by atoms with Gasteiger partial charge in [0.25, 0.3) is 5.91 Å². The van der Waals surface area contributed by atoms with Crippen molar-refractivity contribution in [3.63, 3.8) is 0 Å². The zero-order valence-electron chi connectivity index (χ0n) is 13.1. The molecule has 0 aliphatic carbocycles. The molecule has 0 bridgehead atoms. The topological polar surface area (TPSA) is 128 Å². The molecule has 1 aliphatic rings. The number of carboxylic acids is 1. The molecule has 2 rings (SSSR count). The van der Waals surface area contributed by atoms with Crippen LogP contribution in [0.1, 0.15) is 29.6 Å². The fourth-order valence-electron chi connectivity index (χ4n) is 2.68. The van der Waals surface area contributed by atoms with E-state index in [9.17, 15) is 19.7 Å². The molecule has 0 aromatic heterocycles. The lowest BCUT2D eigenvalue weighted by Gasteiger charge is -2.36. The molecule has 9 nitrogen and oxygen atoms in total. The summed E-state index contributed by atoms with van der Waals surface area (Å²) in [6.07, 6.45) is 0.552. The molecule has 0 radical (unpaired) electrons. The van der Waals surface area contributed by atoms with E-state index >= 15 is 0 Å². The maximum Gasteiger partial charge on any atom is 0.310 e. The van der Waals surface area contributed by atoms with Gasteiger partial charge in [-0.1, -0.05) is 0 Å². The van der Waals surface area contributed by atoms with Crippen molar-refractivity contribution < 1.29 is 29.1 Å². The largest absolute Gasteiger partial charge is 0.490 e. The average Bonchev–Trinajstić information content (AvgIpc) is 2.54. The molecule has 9 heteroatoms.